The van der Waals surface area contributed by atoms with Crippen molar-refractivity contribution in [3.05, 3.63) is 123 Å². The monoisotopic (exact) mass is 572 g/mol. The molecule has 0 atom stereocenters. The van der Waals surface area contributed by atoms with Crippen molar-refractivity contribution in [2.24, 2.45) is 0 Å². The molecule has 212 valence electrons. The fourth-order valence-corrected chi connectivity index (χ4v) is 4.26. The number of nitrogens with zero attached hydrogens (tertiary/aromatic N) is 3. The first-order valence-corrected chi connectivity index (χ1v) is 12.7. The van der Waals surface area contributed by atoms with Crippen molar-refractivity contribution >= 4 is 22.7 Å². The third kappa shape index (κ3) is 6.04. The fourth-order valence-electron chi connectivity index (χ4n) is 4.26. The van der Waals surface area contributed by atoms with Crippen molar-refractivity contribution in [1.82, 2.24) is 19.9 Å². The van der Waals surface area contributed by atoms with Gasteiger partial charge in [0.15, 0.2) is 11.4 Å². The van der Waals surface area contributed by atoms with Gasteiger partial charge in [-0.15, -0.1) is 0 Å². The summed E-state index contributed by atoms with van der Waals surface area (Å²) < 4.78 is 45.5. The first kappa shape index (κ1) is 28.2. The molecule has 0 bridgehead atoms. The van der Waals surface area contributed by atoms with Gasteiger partial charge in [0.25, 0.3) is 11.5 Å². The van der Waals surface area contributed by atoms with Gasteiger partial charge in [0.2, 0.25) is 0 Å². The van der Waals surface area contributed by atoms with E-state index in [2.05, 4.69) is 15.3 Å². The Bertz CT molecular complexity index is 1850. The van der Waals surface area contributed by atoms with E-state index in [0.29, 0.717) is 44.9 Å². The number of carbonyl (C=O) groups is 2. The summed E-state index contributed by atoms with van der Waals surface area (Å²) in [4.78, 5) is 46.1. The molecule has 42 heavy (non-hydrogen) atoms. The van der Waals surface area contributed by atoms with E-state index < -0.39 is 17.6 Å². The van der Waals surface area contributed by atoms with Gasteiger partial charge in [-0.25, -0.2) is 0 Å². The number of ketones is 1. The van der Waals surface area contributed by atoms with Crippen molar-refractivity contribution < 1.29 is 27.5 Å². The van der Waals surface area contributed by atoms with Gasteiger partial charge in [0.1, 0.15) is 5.75 Å². The van der Waals surface area contributed by atoms with Crippen molar-refractivity contribution in [2.45, 2.75) is 26.6 Å². The second-order valence-corrected chi connectivity index (χ2v) is 9.44. The topological polar surface area (TPSA) is 103 Å². The van der Waals surface area contributed by atoms with E-state index in [9.17, 15) is 27.6 Å². The van der Waals surface area contributed by atoms with Crippen LogP contribution in [0.4, 0.5) is 13.2 Å². The normalized spacial score (nSPS) is 11.4. The Labute approximate surface area is 237 Å². The SMILES string of the molecule is CC(=O)c1ccc(Oc2nc(C)c3ccc(=O)n(-c4ccc(C(=O)NCc5ccc(C(F)(F)F)cc5)cc4)c3n2)cc1. The van der Waals surface area contributed by atoms with E-state index in [1.807, 2.05) is 0 Å². The smallest absolute Gasteiger partial charge is 0.416 e. The van der Waals surface area contributed by atoms with Gasteiger partial charge >= 0.3 is 12.2 Å². The Hall–Kier alpha value is -5.32. The molecule has 0 saturated carbocycles. The fraction of sp³-hybridized carbons (Fsp3) is 0.129. The van der Waals surface area contributed by atoms with E-state index in [-0.39, 0.29) is 23.9 Å². The summed E-state index contributed by atoms with van der Waals surface area (Å²) in [6.45, 7) is 3.26. The number of hydrogen-bond donors (Lipinski definition) is 1. The number of halogens is 3. The molecular formula is C31H23F3N4O4. The van der Waals surface area contributed by atoms with E-state index in [1.165, 1.54) is 41.8 Å². The third-order valence-corrected chi connectivity index (χ3v) is 6.51. The summed E-state index contributed by atoms with van der Waals surface area (Å²) >= 11 is 0. The number of aryl methyl sites for hydroxylation is 1. The second kappa shape index (κ2) is 11.3. The zero-order chi connectivity index (χ0) is 30.0. The molecule has 0 saturated heterocycles. The summed E-state index contributed by atoms with van der Waals surface area (Å²) in [6, 6.07) is 20.3. The highest BCUT2D eigenvalue weighted by molar-refractivity contribution is 5.94. The largest absolute Gasteiger partial charge is 0.424 e. The highest BCUT2D eigenvalue weighted by Gasteiger charge is 2.29. The Morgan fingerprint density at radius 2 is 1.50 bits per heavy atom. The zero-order valence-electron chi connectivity index (χ0n) is 22.4. The minimum Gasteiger partial charge on any atom is -0.424 e. The number of carbonyl (C=O) groups excluding carboxylic acids is 2. The van der Waals surface area contributed by atoms with Gasteiger partial charge in [0, 0.05) is 29.1 Å². The Morgan fingerprint density at radius 3 is 2.12 bits per heavy atom. The van der Waals surface area contributed by atoms with Crippen molar-refractivity contribution in [1.29, 1.82) is 0 Å². The summed E-state index contributed by atoms with van der Waals surface area (Å²) in [7, 11) is 0. The third-order valence-electron chi connectivity index (χ3n) is 6.51. The van der Waals surface area contributed by atoms with Crippen LogP contribution < -0.4 is 15.6 Å². The molecule has 0 aliphatic heterocycles. The minimum absolute atomic E-state index is 0.00851. The standard InChI is InChI=1S/C31H23F3N4O4/c1-18-26-15-16-27(40)38(28(26)37-30(36-18)42-25-13-7-21(8-14-25)19(2)39)24-11-5-22(6-12-24)29(41)35-17-20-3-9-23(10-4-20)31(32,33)34/h3-16H,17H2,1-2H3,(H,35,41). The van der Waals surface area contributed by atoms with Crippen LogP contribution in [0.1, 0.15) is 44.5 Å². The van der Waals surface area contributed by atoms with E-state index in [0.717, 1.165) is 12.1 Å². The molecule has 0 aliphatic rings. The Morgan fingerprint density at radius 1 is 0.857 bits per heavy atom. The molecule has 0 aliphatic carbocycles. The van der Waals surface area contributed by atoms with Crippen LogP contribution in [0.25, 0.3) is 16.7 Å². The lowest BCUT2D eigenvalue weighted by Crippen LogP contribution is -2.23. The number of fused-ring (bicyclic) bond motifs is 1. The lowest BCUT2D eigenvalue weighted by Gasteiger charge is -2.13. The number of ether oxygens (including phenoxy) is 1. The maximum Gasteiger partial charge on any atom is 0.416 e. The Kier molecular flexibility index (Phi) is 7.58. The zero-order valence-corrected chi connectivity index (χ0v) is 22.4. The summed E-state index contributed by atoms with van der Waals surface area (Å²) in [6.07, 6.45) is -4.43. The van der Waals surface area contributed by atoms with Crippen LogP contribution in [0.2, 0.25) is 0 Å². The summed E-state index contributed by atoms with van der Waals surface area (Å²) in [5.41, 5.74) is 1.52. The predicted octanol–water partition coefficient (Wildman–Crippen LogP) is 6.03. The number of benzene rings is 3. The van der Waals surface area contributed by atoms with Crippen LogP contribution in [0, 0.1) is 6.92 Å². The second-order valence-electron chi connectivity index (χ2n) is 9.44. The lowest BCUT2D eigenvalue weighted by atomic mass is 10.1. The number of amides is 1. The van der Waals surface area contributed by atoms with Crippen LogP contribution in [-0.4, -0.2) is 26.2 Å². The number of Topliss-reactive ketones (excluding diaryl/α,β-unsaturated/α-hetero) is 1. The van der Waals surface area contributed by atoms with Gasteiger partial charge in [-0.05, 0) is 86.1 Å². The van der Waals surface area contributed by atoms with Gasteiger partial charge in [-0.2, -0.15) is 23.1 Å². The number of rotatable bonds is 7. The molecule has 1 amide bonds. The lowest BCUT2D eigenvalue weighted by molar-refractivity contribution is -0.137. The van der Waals surface area contributed by atoms with Crippen molar-refractivity contribution in [3.8, 4) is 17.4 Å². The van der Waals surface area contributed by atoms with Gasteiger partial charge < -0.3 is 10.1 Å². The molecule has 5 rings (SSSR count). The maximum atomic E-state index is 13.0. The van der Waals surface area contributed by atoms with E-state index in [4.69, 9.17) is 4.74 Å². The number of pyridine rings is 1. The molecule has 3 aromatic carbocycles. The first-order chi connectivity index (χ1) is 20.0. The molecule has 11 heteroatoms. The molecule has 0 unspecified atom stereocenters. The van der Waals surface area contributed by atoms with Crippen LogP contribution in [0.3, 0.4) is 0 Å². The molecule has 8 nitrogen and oxygen atoms in total. The maximum absolute atomic E-state index is 13.0. The molecule has 0 fully saturated rings. The molecule has 1 N–H and O–H groups in total. The highest BCUT2D eigenvalue weighted by Crippen LogP contribution is 2.29. The van der Waals surface area contributed by atoms with Gasteiger partial charge in [-0.3, -0.25) is 19.0 Å². The molecule has 0 spiro atoms. The van der Waals surface area contributed by atoms with E-state index >= 15 is 0 Å². The summed E-state index contributed by atoms with van der Waals surface area (Å²) in [5, 5.41) is 3.29. The van der Waals surface area contributed by atoms with Crippen molar-refractivity contribution in [3.63, 3.8) is 0 Å². The predicted molar refractivity (Wildman–Crippen MR) is 149 cm³/mol. The highest BCUT2D eigenvalue weighted by atomic mass is 19.4. The molecule has 2 heterocycles. The van der Waals surface area contributed by atoms with Crippen molar-refractivity contribution in [2.75, 3.05) is 0 Å². The molecule has 0 radical (unpaired) electrons. The quantitative estimate of drug-likeness (QED) is 0.239. The molecular weight excluding hydrogens is 549 g/mol. The Balaban J connectivity index is 1.37. The van der Waals surface area contributed by atoms with Crippen LogP contribution in [0.15, 0.2) is 89.7 Å². The van der Waals surface area contributed by atoms with Gasteiger partial charge in [-0.1, -0.05) is 12.1 Å². The average Bonchev–Trinajstić information content (AvgIpc) is 2.96. The van der Waals surface area contributed by atoms with Crippen LogP contribution in [-0.2, 0) is 12.7 Å². The number of hydrogen-bond acceptors (Lipinski definition) is 6. The van der Waals surface area contributed by atoms with Crippen LogP contribution >= 0.6 is 0 Å². The van der Waals surface area contributed by atoms with Crippen LogP contribution in [0.5, 0.6) is 11.8 Å². The first-order valence-electron chi connectivity index (χ1n) is 12.7. The molecule has 2 aromatic heterocycles. The number of aromatic nitrogens is 3. The van der Waals surface area contributed by atoms with E-state index in [1.54, 1.807) is 49.4 Å². The minimum atomic E-state index is -4.43. The van der Waals surface area contributed by atoms with Gasteiger partial charge in [0.05, 0.1) is 16.9 Å². The number of nitrogens with one attached hydrogen (secondary N) is 1. The summed E-state index contributed by atoms with van der Waals surface area (Å²) in [5.74, 6) is -0.0994. The number of alkyl halides is 3. The average molecular weight is 573 g/mol. The molecule has 5 aromatic rings.